The third-order valence-corrected chi connectivity index (χ3v) is 6.43. The van der Waals surface area contributed by atoms with E-state index in [4.69, 9.17) is 0 Å². The summed E-state index contributed by atoms with van der Waals surface area (Å²) in [4.78, 5) is 15.5. The van der Waals surface area contributed by atoms with Gasteiger partial charge in [0.1, 0.15) is 17.0 Å². The average Bonchev–Trinajstić information content (AvgIpc) is 3.20. The first-order valence-electron chi connectivity index (χ1n) is 7.26. The van der Waals surface area contributed by atoms with Crippen molar-refractivity contribution in [3.63, 3.8) is 0 Å². The Balaban J connectivity index is 1.86. The number of aromatic nitrogens is 2. The zero-order valence-electron chi connectivity index (χ0n) is 12.2. The van der Waals surface area contributed by atoms with Crippen molar-refractivity contribution in [2.45, 2.75) is 32.7 Å². The maximum absolute atomic E-state index is 4.65. The van der Waals surface area contributed by atoms with Gasteiger partial charge in [0.15, 0.2) is 0 Å². The number of rotatable bonds is 2. The Morgan fingerprint density at radius 1 is 1.29 bits per heavy atom. The van der Waals surface area contributed by atoms with Crippen molar-refractivity contribution >= 4 is 38.7 Å². The molecule has 0 N–H and O–H groups in total. The quantitative estimate of drug-likeness (QED) is 0.685. The maximum atomic E-state index is 4.65. The summed E-state index contributed by atoms with van der Waals surface area (Å²) in [6.45, 7) is 5.45. The van der Waals surface area contributed by atoms with E-state index in [9.17, 15) is 0 Å². The molecule has 5 heteroatoms. The van der Waals surface area contributed by atoms with E-state index < -0.39 is 0 Å². The second-order valence-electron chi connectivity index (χ2n) is 5.53. The van der Waals surface area contributed by atoms with Crippen LogP contribution >= 0.6 is 22.7 Å². The lowest BCUT2D eigenvalue weighted by Gasteiger charge is -2.25. The van der Waals surface area contributed by atoms with E-state index in [1.165, 1.54) is 33.5 Å². The fourth-order valence-electron chi connectivity index (χ4n) is 3.18. The molecule has 4 rings (SSSR count). The lowest BCUT2D eigenvalue weighted by atomic mass is 10.1. The molecule has 0 radical (unpaired) electrons. The number of aryl methyl sites for hydroxylation is 2. The van der Waals surface area contributed by atoms with Gasteiger partial charge in [-0.3, -0.25) is 0 Å². The van der Waals surface area contributed by atoms with Crippen LogP contribution in [0.25, 0.3) is 10.2 Å². The topological polar surface area (TPSA) is 29.0 Å². The van der Waals surface area contributed by atoms with Gasteiger partial charge in [0.2, 0.25) is 0 Å². The number of hydrogen-bond donors (Lipinski definition) is 0. The summed E-state index contributed by atoms with van der Waals surface area (Å²) < 4.78 is 0. The minimum Gasteiger partial charge on any atom is -0.348 e. The molecule has 0 amide bonds. The molecule has 1 fully saturated rings. The Kier molecular flexibility index (Phi) is 3.19. The molecule has 0 spiro atoms. The third-order valence-electron chi connectivity index (χ3n) is 4.34. The van der Waals surface area contributed by atoms with Crippen LogP contribution in [0.3, 0.4) is 0 Å². The maximum Gasteiger partial charge on any atom is 0.141 e. The molecule has 0 unspecified atom stereocenters. The number of fused-ring (bicyclic) bond motifs is 1. The minimum absolute atomic E-state index is 0.475. The van der Waals surface area contributed by atoms with Crippen LogP contribution in [0.2, 0.25) is 0 Å². The second-order valence-corrected chi connectivity index (χ2v) is 7.71. The molecule has 21 heavy (non-hydrogen) atoms. The van der Waals surface area contributed by atoms with Gasteiger partial charge >= 0.3 is 0 Å². The lowest BCUT2D eigenvalue weighted by molar-refractivity contribution is 0.727. The SMILES string of the molecule is Cc1sc2ncnc(N3CCC[C@@H]3c3cccs3)c2c1C. The van der Waals surface area contributed by atoms with Crippen LogP contribution in [-0.4, -0.2) is 16.5 Å². The summed E-state index contributed by atoms with van der Waals surface area (Å²) in [5.41, 5.74) is 1.34. The van der Waals surface area contributed by atoms with E-state index in [-0.39, 0.29) is 0 Å². The van der Waals surface area contributed by atoms with Gasteiger partial charge in [-0.2, -0.15) is 0 Å². The fourth-order valence-corrected chi connectivity index (χ4v) is 5.04. The number of anilines is 1. The number of nitrogens with zero attached hydrogens (tertiary/aromatic N) is 3. The molecule has 3 aromatic heterocycles. The predicted molar refractivity (Wildman–Crippen MR) is 90.5 cm³/mol. The largest absolute Gasteiger partial charge is 0.348 e. The van der Waals surface area contributed by atoms with Gasteiger partial charge < -0.3 is 4.90 Å². The molecule has 0 bridgehead atoms. The van der Waals surface area contributed by atoms with Crippen molar-refractivity contribution < 1.29 is 0 Å². The van der Waals surface area contributed by atoms with Crippen LogP contribution in [0.1, 0.15) is 34.2 Å². The van der Waals surface area contributed by atoms with Crippen molar-refractivity contribution in [1.82, 2.24) is 9.97 Å². The van der Waals surface area contributed by atoms with Crippen molar-refractivity contribution in [3.05, 3.63) is 39.2 Å². The van der Waals surface area contributed by atoms with Gasteiger partial charge in [-0.05, 0) is 43.7 Å². The first-order chi connectivity index (χ1) is 10.3. The summed E-state index contributed by atoms with van der Waals surface area (Å²) in [6, 6.07) is 4.87. The fraction of sp³-hybridized carbons (Fsp3) is 0.375. The molecule has 3 nitrogen and oxygen atoms in total. The summed E-state index contributed by atoms with van der Waals surface area (Å²) in [5, 5.41) is 3.42. The van der Waals surface area contributed by atoms with E-state index in [1.54, 1.807) is 17.7 Å². The highest BCUT2D eigenvalue weighted by atomic mass is 32.1. The smallest absolute Gasteiger partial charge is 0.141 e. The van der Waals surface area contributed by atoms with Crippen molar-refractivity contribution in [2.24, 2.45) is 0 Å². The summed E-state index contributed by atoms with van der Waals surface area (Å²) in [5.74, 6) is 1.12. The van der Waals surface area contributed by atoms with Crippen LogP contribution in [0.4, 0.5) is 5.82 Å². The molecule has 1 aliphatic heterocycles. The van der Waals surface area contributed by atoms with Gasteiger partial charge in [0.25, 0.3) is 0 Å². The highest BCUT2D eigenvalue weighted by Gasteiger charge is 2.30. The Labute approximate surface area is 132 Å². The Bertz CT molecular complexity index is 776. The molecule has 1 saturated heterocycles. The van der Waals surface area contributed by atoms with Crippen LogP contribution in [0, 0.1) is 13.8 Å². The first-order valence-corrected chi connectivity index (χ1v) is 8.96. The minimum atomic E-state index is 0.475. The Morgan fingerprint density at radius 2 is 2.19 bits per heavy atom. The van der Waals surface area contributed by atoms with E-state index in [2.05, 4.69) is 46.2 Å². The van der Waals surface area contributed by atoms with E-state index in [0.717, 1.165) is 17.2 Å². The average molecular weight is 315 g/mol. The van der Waals surface area contributed by atoms with Gasteiger partial charge in [0, 0.05) is 16.3 Å². The van der Waals surface area contributed by atoms with Gasteiger partial charge in [-0.1, -0.05) is 6.07 Å². The molecule has 3 aromatic rings. The van der Waals surface area contributed by atoms with Gasteiger partial charge in [0.05, 0.1) is 11.4 Å². The highest BCUT2D eigenvalue weighted by Crippen LogP contribution is 2.42. The van der Waals surface area contributed by atoms with Crippen LogP contribution < -0.4 is 4.90 Å². The standard InChI is InChI=1S/C16H17N3S2/c1-10-11(2)21-16-14(10)15(17-9-18-16)19-7-3-5-12(19)13-6-4-8-20-13/h4,6,8-9,12H,3,5,7H2,1-2H3/t12-/m1/s1. The molecule has 1 atom stereocenters. The second kappa shape index (κ2) is 5.07. The summed E-state index contributed by atoms with van der Waals surface area (Å²) >= 11 is 3.63. The van der Waals surface area contributed by atoms with Crippen molar-refractivity contribution in [3.8, 4) is 0 Å². The van der Waals surface area contributed by atoms with Crippen molar-refractivity contribution in [1.29, 1.82) is 0 Å². The first kappa shape index (κ1) is 13.2. The van der Waals surface area contributed by atoms with Gasteiger partial charge in [-0.15, -0.1) is 22.7 Å². The Morgan fingerprint density at radius 3 is 3.00 bits per heavy atom. The molecule has 0 aromatic carbocycles. The van der Waals surface area contributed by atoms with E-state index >= 15 is 0 Å². The molecular formula is C16H17N3S2. The van der Waals surface area contributed by atoms with E-state index in [0.29, 0.717) is 6.04 Å². The highest BCUT2D eigenvalue weighted by molar-refractivity contribution is 7.18. The predicted octanol–water partition coefficient (Wildman–Crippen LogP) is 4.71. The lowest BCUT2D eigenvalue weighted by Crippen LogP contribution is -2.23. The van der Waals surface area contributed by atoms with Gasteiger partial charge in [-0.25, -0.2) is 9.97 Å². The molecule has 108 valence electrons. The molecule has 0 aliphatic carbocycles. The third kappa shape index (κ3) is 2.07. The summed E-state index contributed by atoms with van der Waals surface area (Å²) in [7, 11) is 0. The Hall–Kier alpha value is -1.46. The normalized spacial score (nSPS) is 18.8. The molecular weight excluding hydrogens is 298 g/mol. The number of thiophene rings is 2. The monoisotopic (exact) mass is 315 g/mol. The van der Waals surface area contributed by atoms with Crippen LogP contribution in [0.15, 0.2) is 23.8 Å². The molecule has 1 aliphatic rings. The van der Waals surface area contributed by atoms with Crippen LogP contribution in [-0.2, 0) is 0 Å². The van der Waals surface area contributed by atoms with Crippen LogP contribution in [0.5, 0.6) is 0 Å². The van der Waals surface area contributed by atoms with Crippen molar-refractivity contribution in [2.75, 3.05) is 11.4 Å². The molecule has 4 heterocycles. The molecule has 0 saturated carbocycles. The zero-order valence-corrected chi connectivity index (χ0v) is 13.8. The summed E-state index contributed by atoms with van der Waals surface area (Å²) in [6.07, 6.45) is 4.17. The number of hydrogen-bond acceptors (Lipinski definition) is 5. The zero-order chi connectivity index (χ0) is 14.4. The van der Waals surface area contributed by atoms with E-state index in [1.807, 2.05) is 11.3 Å².